The Kier molecular flexibility index (Phi) is 6.00. The first kappa shape index (κ1) is 18.5. The van der Waals surface area contributed by atoms with E-state index in [1.807, 2.05) is 18.3 Å². The Hall–Kier alpha value is -2.26. The van der Waals surface area contributed by atoms with Crippen molar-refractivity contribution in [1.29, 1.82) is 0 Å². The molecule has 0 spiro atoms. The van der Waals surface area contributed by atoms with Crippen LogP contribution in [0.3, 0.4) is 0 Å². The molecule has 3 rings (SSSR count). The van der Waals surface area contributed by atoms with Gasteiger partial charge in [0.05, 0.1) is 0 Å². The Morgan fingerprint density at radius 2 is 1.96 bits per heavy atom. The molecule has 1 aliphatic heterocycles. The Labute approximate surface area is 160 Å². The third-order valence-electron chi connectivity index (χ3n) is 4.82. The molecule has 2 aromatic carbocycles. The predicted octanol–water partition coefficient (Wildman–Crippen LogP) is 5.36. The summed E-state index contributed by atoms with van der Waals surface area (Å²) in [5.41, 5.74) is 5.72. The topological polar surface area (TPSA) is 23.6 Å². The van der Waals surface area contributed by atoms with Crippen molar-refractivity contribution in [2.45, 2.75) is 33.2 Å². The number of aldehydes is 1. The molecular formula is C22H25ClN2O. The maximum Gasteiger partial charge on any atom is 0.147 e. The number of rotatable bonds is 6. The molecule has 3 nitrogen and oxygen atoms in total. The predicted molar refractivity (Wildman–Crippen MR) is 110 cm³/mol. The van der Waals surface area contributed by atoms with Crippen LogP contribution in [-0.4, -0.2) is 19.4 Å². The fourth-order valence-electron chi connectivity index (χ4n) is 3.43. The number of carbonyl (C=O) groups excluding carboxylic acids is 1. The lowest BCUT2D eigenvalue weighted by atomic mass is 10.0. The minimum atomic E-state index is 0.751. The molecule has 0 unspecified atom stereocenters. The summed E-state index contributed by atoms with van der Waals surface area (Å²) >= 11 is 6.03. The van der Waals surface area contributed by atoms with Crippen LogP contribution in [0.5, 0.6) is 0 Å². The SMILES string of the molecule is CCN(Cc1cc(C)ccc1N1C=C(C=O)CCC1)c1ccc(Cl)cc1. The molecule has 0 bridgehead atoms. The molecule has 0 aliphatic carbocycles. The van der Waals surface area contributed by atoms with Gasteiger partial charge < -0.3 is 9.80 Å². The minimum absolute atomic E-state index is 0.751. The van der Waals surface area contributed by atoms with Gasteiger partial charge in [-0.15, -0.1) is 0 Å². The van der Waals surface area contributed by atoms with Crippen LogP contribution in [0.15, 0.2) is 54.2 Å². The van der Waals surface area contributed by atoms with Gasteiger partial charge in [0.1, 0.15) is 6.29 Å². The third-order valence-corrected chi connectivity index (χ3v) is 5.07. The molecule has 2 aromatic rings. The highest BCUT2D eigenvalue weighted by atomic mass is 35.5. The lowest BCUT2D eigenvalue weighted by Crippen LogP contribution is -2.27. The highest BCUT2D eigenvalue weighted by molar-refractivity contribution is 6.30. The number of halogens is 1. The highest BCUT2D eigenvalue weighted by Crippen LogP contribution is 2.29. The zero-order valence-corrected chi connectivity index (χ0v) is 16.2. The summed E-state index contributed by atoms with van der Waals surface area (Å²) in [6.07, 6.45) is 4.86. The smallest absolute Gasteiger partial charge is 0.147 e. The third kappa shape index (κ3) is 4.28. The molecule has 0 radical (unpaired) electrons. The summed E-state index contributed by atoms with van der Waals surface area (Å²) in [5.74, 6) is 0. The number of hydrogen-bond acceptors (Lipinski definition) is 3. The first-order chi connectivity index (χ1) is 12.6. The minimum Gasteiger partial charge on any atom is -0.367 e. The van der Waals surface area contributed by atoms with E-state index in [2.05, 4.69) is 54.0 Å². The zero-order valence-electron chi connectivity index (χ0n) is 15.4. The standard InChI is InChI=1S/C22H25ClN2O/c1-3-24(21-9-7-20(23)8-10-21)15-19-13-17(2)6-11-22(19)25-12-4-5-18(14-25)16-26/h6-11,13-14,16H,3-5,12,15H2,1-2H3. The van der Waals surface area contributed by atoms with E-state index in [9.17, 15) is 4.79 Å². The van der Waals surface area contributed by atoms with E-state index in [0.29, 0.717) is 0 Å². The second-order valence-corrected chi connectivity index (χ2v) is 7.18. The van der Waals surface area contributed by atoms with Crippen LogP contribution in [0.2, 0.25) is 5.02 Å². The summed E-state index contributed by atoms with van der Waals surface area (Å²) in [6, 6.07) is 14.5. The summed E-state index contributed by atoms with van der Waals surface area (Å²) in [4.78, 5) is 15.8. The summed E-state index contributed by atoms with van der Waals surface area (Å²) in [5, 5.41) is 0.751. The second kappa shape index (κ2) is 8.41. The number of aryl methyl sites for hydroxylation is 1. The van der Waals surface area contributed by atoms with E-state index in [1.54, 1.807) is 0 Å². The normalized spacial score (nSPS) is 14.1. The van der Waals surface area contributed by atoms with Gasteiger partial charge in [-0.3, -0.25) is 4.79 Å². The molecule has 0 N–H and O–H groups in total. The molecule has 1 aliphatic rings. The Balaban J connectivity index is 1.92. The molecule has 136 valence electrons. The van der Waals surface area contributed by atoms with Crippen LogP contribution >= 0.6 is 11.6 Å². The molecule has 26 heavy (non-hydrogen) atoms. The first-order valence-electron chi connectivity index (χ1n) is 9.13. The highest BCUT2D eigenvalue weighted by Gasteiger charge is 2.16. The molecule has 0 amide bonds. The van der Waals surface area contributed by atoms with Crippen LogP contribution in [-0.2, 0) is 11.3 Å². The van der Waals surface area contributed by atoms with Crippen molar-refractivity contribution < 1.29 is 4.79 Å². The molecule has 0 fully saturated rings. The van der Waals surface area contributed by atoms with Gasteiger partial charge in [-0.05, 0) is 62.6 Å². The van der Waals surface area contributed by atoms with Gasteiger partial charge >= 0.3 is 0 Å². The Morgan fingerprint density at radius 1 is 1.19 bits per heavy atom. The van der Waals surface area contributed by atoms with Crippen molar-refractivity contribution in [2.75, 3.05) is 22.9 Å². The van der Waals surface area contributed by atoms with Gasteiger partial charge in [0, 0.05) is 47.8 Å². The lowest BCUT2D eigenvalue weighted by molar-refractivity contribution is -0.105. The maximum atomic E-state index is 11.2. The van der Waals surface area contributed by atoms with Crippen LogP contribution in [0.25, 0.3) is 0 Å². The molecule has 0 aromatic heterocycles. The second-order valence-electron chi connectivity index (χ2n) is 6.74. The van der Waals surface area contributed by atoms with E-state index in [-0.39, 0.29) is 0 Å². The summed E-state index contributed by atoms with van der Waals surface area (Å²) in [7, 11) is 0. The molecule has 0 atom stereocenters. The lowest BCUT2D eigenvalue weighted by Gasteiger charge is -2.30. The van der Waals surface area contributed by atoms with E-state index < -0.39 is 0 Å². The summed E-state index contributed by atoms with van der Waals surface area (Å²) in [6.45, 7) is 6.95. The van der Waals surface area contributed by atoms with Gasteiger partial charge in [0.2, 0.25) is 0 Å². The van der Waals surface area contributed by atoms with Crippen molar-refractivity contribution in [3.05, 3.63) is 70.4 Å². The van der Waals surface area contributed by atoms with Crippen molar-refractivity contribution in [3.63, 3.8) is 0 Å². The van der Waals surface area contributed by atoms with Crippen molar-refractivity contribution >= 4 is 29.3 Å². The summed E-state index contributed by atoms with van der Waals surface area (Å²) < 4.78 is 0. The van der Waals surface area contributed by atoms with Crippen molar-refractivity contribution in [1.82, 2.24) is 0 Å². The Bertz CT molecular complexity index is 798. The fraction of sp³-hybridized carbons (Fsp3) is 0.318. The first-order valence-corrected chi connectivity index (χ1v) is 9.51. The zero-order chi connectivity index (χ0) is 18.5. The molecule has 4 heteroatoms. The van der Waals surface area contributed by atoms with E-state index in [0.717, 1.165) is 55.0 Å². The average Bonchev–Trinajstić information content (AvgIpc) is 2.67. The van der Waals surface area contributed by atoms with E-state index in [4.69, 9.17) is 11.6 Å². The fourth-order valence-corrected chi connectivity index (χ4v) is 3.55. The monoisotopic (exact) mass is 368 g/mol. The number of carbonyl (C=O) groups is 1. The van der Waals surface area contributed by atoms with Crippen LogP contribution < -0.4 is 9.80 Å². The van der Waals surface area contributed by atoms with Crippen LogP contribution in [0.4, 0.5) is 11.4 Å². The molecule has 0 saturated heterocycles. The van der Waals surface area contributed by atoms with Gasteiger partial charge in [-0.25, -0.2) is 0 Å². The molecule has 1 heterocycles. The molecule has 0 saturated carbocycles. The van der Waals surface area contributed by atoms with E-state index in [1.165, 1.54) is 16.8 Å². The van der Waals surface area contributed by atoms with Crippen LogP contribution in [0.1, 0.15) is 30.9 Å². The number of benzene rings is 2. The van der Waals surface area contributed by atoms with Gasteiger partial charge in [-0.1, -0.05) is 29.3 Å². The van der Waals surface area contributed by atoms with Crippen LogP contribution in [0, 0.1) is 6.92 Å². The number of nitrogens with zero attached hydrogens (tertiary/aromatic N) is 2. The largest absolute Gasteiger partial charge is 0.367 e. The Morgan fingerprint density at radius 3 is 2.65 bits per heavy atom. The quantitative estimate of drug-likeness (QED) is 0.641. The molecular weight excluding hydrogens is 344 g/mol. The van der Waals surface area contributed by atoms with Gasteiger partial charge in [0.15, 0.2) is 0 Å². The maximum absolute atomic E-state index is 11.2. The average molecular weight is 369 g/mol. The van der Waals surface area contributed by atoms with Crippen molar-refractivity contribution in [2.24, 2.45) is 0 Å². The number of anilines is 2. The van der Waals surface area contributed by atoms with E-state index >= 15 is 0 Å². The van der Waals surface area contributed by atoms with Gasteiger partial charge in [-0.2, -0.15) is 0 Å². The number of hydrogen-bond donors (Lipinski definition) is 0. The number of allylic oxidation sites excluding steroid dienone is 1. The van der Waals surface area contributed by atoms with Crippen molar-refractivity contribution in [3.8, 4) is 0 Å². The van der Waals surface area contributed by atoms with Gasteiger partial charge in [0.25, 0.3) is 0 Å².